The van der Waals surface area contributed by atoms with Gasteiger partial charge in [-0.05, 0) is 23.8 Å². The number of carbonyl (C=O) groups excluding carboxylic acids is 1. The Morgan fingerprint density at radius 1 is 1.31 bits per heavy atom. The largest absolute Gasteiger partial charge is 0.477 e. The fourth-order valence-corrected chi connectivity index (χ4v) is 1.20. The first-order valence-corrected chi connectivity index (χ1v) is 4.81. The van der Waals surface area contributed by atoms with Gasteiger partial charge in [0.2, 0.25) is 0 Å². The van der Waals surface area contributed by atoms with Gasteiger partial charge < -0.3 is 9.84 Å². The fraction of sp³-hybridized carbons (Fsp3) is 0.0909. The third kappa shape index (κ3) is 3.13. The first kappa shape index (κ1) is 12.3. The Hall–Kier alpha value is -1.75. The van der Waals surface area contributed by atoms with Crippen LogP contribution in [0.4, 0.5) is 0 Å². The van der Waals surface area contributed by atoms with Crippen LogP contribution in [-0.4, -0.2) is 24.2 Å². The average molecular weight is 238 g/mol. The van der Waals surface area contributed by atoms with E-state index in [2.05, 4.69) is 17.4 Å². The Bertz CT molecular complexity index is 434. The molecule has 0 bridgehead atoms. The number of aliphatic carboxylic acids is 1. The number of methoxy groups -OCH3 is 1. The Morgan fingerprint density at radius 3 is 2.31 bits per heavy atom. The van der Waals surface area contributed by atoms with Crippen molar-refractivity contribution in [1.29, 1.82) is 0 Å². The van der Waals surface area contributed by atoms with Crippen LogP contribution < -0.4 is 0 Å². The van der Waals surface area contributed by atoms with Gasteiger partial charge >= 0.3 is 11.9 Å². The summed E-state index contributed by atoms with van der Waals surface area (Å²) >= 11 is 3.79. The molecule has 0 aromatic heterocycles. The van der Waals surface area contributed by atoms with Gasteiger partial charge in [0, 0.05) is 0 Å². The normalized spacial score (nSPS) is 11.0. The van der Waals surface area contributed by atoms with E-state index >= 15 is 0 Å². The molecular weight excluding hydrogens is 228 g/mol. The monoisotopic (exact) mass is 238 g/mol. The molecule has 1 N–H and O–H groups in total. The molecule has 1 aromatic carbocycles. The number of carboxylic acids is 1. The van der Waals surface area contributed by atoms with Gasteiger partial charge in [-0.25, -0.2) is 9.59 Å². The van der Waals surface area contributed by atoms with Crippen molar-refractivity contribution in [3.05, 3.63) is 40.3 Å². The average Bonchev–Trinajstić information content (AvgIpc) is 2.28. The topological polar surface area (TPSA) is 63.6 Å². The summed E-state index contributed by atoms with van der Waals surface area (Å²) in [5.74, 6) is -1.53. The molecule has 0 spiro atoms. The van der Waals surface area contributed by atoms with Gasteiger partial charge in [-0.15, -0.1) is 12.6 Å². The molecule has 4 nitrogen and oxygen atoms in total. The van der Waals surface area contributed by atoms with Crippen LogP contribution in [0.1, 0.15) is 15.9 Å². The van der Waals surface area contributed by atoms with Gasteiger partial charge in [0.25, 0.3) is 0 Å². The summed E-state index contributed by atoms with van der Waals surface area (Å²) in [7, 11) is 1.30. The van der Waals surface area contributed by atoms with Crippen molar-refractivity contribution in [2.24, 2.45) is 0 Å². The maximum Gasteiger partial charge on any atom is 0.341 e. The smallest absolute Gasteiger partial charge is 0.341 e. The maximum absolute atomic E-state index is 11.1. The highest BCUT2D eigenvalue weighted by atomic mass is 32.1. The zero-order chi connectivity index (χ0) is 12.1. The van der Waals surface area contributed by atoms with E-state index in [0.717, 1.165) is 0 Å². The number of carboxylic acid groups (broad SMARTS) is 1. The summed E-state index contributed by atoms with van der Waals surface area (Å²) in [5, 5.41) is 8.61. The molecule has 1 rings (SSSR count). The van der Waals surface area contributed by atoms with E-state index < -0.39 is 11.9 Å². The molecule has 16 heavy (non-hydrogen) atoms. The second kappa shape index (κ2) is 5.37. The van der Waals surface area contributed by atoms with Crippen molar-refractivity contribution in [1.82, 2.24) is 0 Å². The van der Waals surface area contributed by atoms with Crippen LogP contribution in [0, 0.1) is 0 Å². The van der Waals surface area contributed by atoms with Crippen molar-refractivity contribution < 1.29 is 19.4 Å². The van der Waals surface area contributed by atoms with E-state index in [1.54, 1.807) is 24.3 Å². The van der Waals surface area contributed by atoms with E-state index in [-0.39, 0.29) is 4.91 Å². The maximum atomic E-state index is 11.1. The quantitative estimate of drug-likeness (QED) is 0.479. The van der Waals surface area contributed by atoms with Crippen molar-refractivity contribution in [2.75, 3.05) is 7.11 Å². The molecule has 0 aliphatic carbocycles. The third-order valence-corrected chi connectivity index (χ3v) is 2.17. The molecule has 0 radical (unpaired) electrons. The van der Waals surface area contributed by atoms with Gasteiger partial charge in [-0.3, -0.25) is 0 Å². The van der Waals surface area contributed by atoms with Crippen LogP contribution in [0.5, 0.6) is 0 Å². The Balaban J connectivity index is 2.91. The number of esters is 1. The first-order valence-electron chi connectivity index (χ1n) is 4.37. The van der Waals surface area contributed by atoms with Crippen LogP contribution in [0.15, 0.2) is 29.2 Å². The fourth-order valence-electron chi connectivity index (χ4n) is 1.05. The summed E-state index contributed by atoms with van der Waals surface area (Å²) in [6.07, 6.45) is 1.40. The molecule has 0 aliphatic heterocycles. The number of ether oxygens (including phenoxy) is 1. The molecule has 0 aliphatic rings. The summed E-state index contributed by atoms with van der Waals surface area (Å²) in [6, 6.07) is 6.35. The summed E-state index contributed by atoms with van der Waals surface area (Å²) < 4.78 is 4.53. The molecule has 5 heteroatoms. The number of benzene rings is 1. The summed E-state index contributed by atoms with van der Waals surface area (Å²) in [6.45, 7) is 0. The lowest BCUT2D eigenvalue weighted by molar-refractivity contribution is -0.131. The molecule has 84 valence electrons. The molecular formula is C11H10O4S. The molecule has 0 amide bonds. The Labute approximate surface area is 98.0 Å². The number of thiol groups is 1. The minimum Gasteiger partial charge on any atom is -0.477 e. The molecule has 0 atom stereocenters. The lowest BCUT2D eigenvalue weighted by Gasteiger charge is -1.99. The van der Waals surface area contributed by atoms with E-state index in [4.69, 9.17) is 5.11 Å². The van der Waals surface area contributed by atoms with Gasteiger partial charge in [0.1, 0.15) is 0 Å². The van der Waals surface area contributed by atoms with Gasteiger partial charge in [-0.1, -0.05) is 12.1 Å². The molecule has 0 saturated carbocycles. The number of hydrogen-bond acceptors (Lipinski definition) is 4. The van der Waals surface area contributed by atoms with Crippen molar-refractivity contribution in [3.63, 3.8) is 0 Å². The van der Waals surface area contributed by atoms with Gasteiger partial charge in [-0.2, -0.15) is 0 Å². The van der Waals surface area contributed by atoms with Crippen LogP contribution in [0.25, 0.3) is 6.08 Å². The SMILES string of the molecule is COC(=O)c1ccc(/C=C(\S)C(=O)O)cc1. The molecule has 0 unspecified atom stereocenters. The standard InChI is InChI=1S/C11H10O4S/c1-15-11(14)8-4-2-7(3-5-8)6-9(16)10(12)13/h2-6,16H,1H3,(H,12,13)/b9-6-. The lowest BCUT2D eigenvalue weighted by Crippen LogP contribution is -2.00. The van der Waals surface area contributed by atoms with E-state index in [0.29, 0.717) is 11.1 Å². The molecule has 1 aromatic rings. The van der Waals surface area contributed by atoms with Crippen LogP contribution in [-0.2, 0) is 9.53 Å². The van der Waals surface area contributed by atoms with Crippen molar-refractivity contribution in [2.45, 2.75) is 0 Å². The zero-order valence-electron chi connectivity index (χ0n) is 8.51. The van der Waals surface area contributed by atoms with Crippen molar-refractivity contribution in [3.8, 4) is 0 Å². The Kier molecular flexibility index (Phi) is 4.13. The molecule has 0 fully saturated rings. The highest BCUT2D eigenvalue weighted by Gasteiger charge is 2.05. The van der Waals surface area contributed by atoms with Crippen molar-refractivity contribution >= 4 is 30.6 Å². The molecule has 0 heterocycles. The predicted molar refractivity (Wildman–Crippen MR) is 62.4 cm³/mol. The van der Waals surface area contributed by atoms with Crippen LogP contribution in [0.2, 0.25) is 0 Å². The number of hydrogen-bond donors (Lipinski definition) is 2. The zero-order valence-corrected chi connectivity index (χ0v) is 9.40. The van der Waals surface area contributed by atoms with Gasteiger partial charge in [0.15, 0.2) is 0 Å². The van der Waals surface area contributed by atoms with E-state index in [1.807, 2.05) is 0 Å². The number of carbonyl (C=O) groups is 2. The van der Waals surface area contributed by atoms with Gasteiger partial charge in [0.05, 0.1) is 17.6 Å². The second-order valence-electron chi connectivity index (χ2n) is 2.95. The summed E-state index contributed by atoms with van der Waals surface area (Å²) in [4.78, 5) is 21.6. The molecule has 0 saturated heterocycles. The summed E-state index contributed by atoms with van der Waals surface area (Å²) in [5.41, 5.74) is 1.07. The highest BCUT2D eigenvalue weighted by molar-refractivity contribution is 7.85. The Morgan fingerprint density at radius 2 is 1.88 bits per heavy atom. The third-order valence-electron chi connectivity index (χ3n) is 1.85. The van der Waals surface area contributed by atoms with E-state index in [9.17, 15) is 9.59 Å². The van der Waals surface area contributed by atoms with Crippen LogP contribution >= 0.6 is 12.6 Å². The first-order chi connectivity index (χ1) is 7.54. The lowest BCUT2D eigenvalue weighted by atomic mass is 10.1. The predicted octanol–water partition coefficient (Wildman–Crippen LogP) is 1.83. The highest BCUT2D eigenvalue weighted by Crippen LogP contribution is 2.11. The minimum absolute atomic E-state index is 0.0641. The second-order valence-corrected chi connectivity index (χ2v) is 3.43. The minimum atomic E-state index is -1.10. The number of rotatable bonds is 3. The van der Waals surface area contributed by atoms with Crippen LogP contribution in [0.3, 0.4) is 0 Å². The van der Waals surface area contributed by atoms with E-state index in [1.165, 1.54) is 13.2 Å².